The maximum Gasteiger partial charge on any atom is 0.0677 e. The fourth-order valence-corrected chi connectivity index (χ4v) is 3.36. The van der Waals surface area contributed by atoms with Gasteiger partial charge in [-0.15, -0.1) is 0 Å². The first kappa shape index (κ1) is 14.6. The standard InChI is InChI=1S/C17H22ClN3/c1-2-19-16-9-5-6-10-17-14(16)11-20-21(17)12-13-7-3-4-8-15(13)18/h3-4,7-8,11,16,19H,2,5-6,9-10,12H2,1H3. The smallest absolute Gasteiger partial charge is 0.0677 e. The second-order valence-corrected chi connectivity index (χ2v) is 6.06. The molecule has 1 N–H and O–H groups in total. The van der Waals surface area contributed by atoms with E-state index in [0.29, 0.717) is 6.04 Å². The lowest BCUT2D eigenvalue weighted by Gasteiger charge is -2.15. The number of hydrogen-bond acceptors (Lipinski definition) is 2. The summed E-state index contributed by atoms with van der Waals surface area (Å²) in [5.41, 5.74) is 3.88. The fourth-order valence-electron chi connectivity index (χ4n) is 3.17. The first-order chi connectivity index (χ1) is 10.3. The second-order valence-electron chi connectivity index (χ2n) is 5.65. The minimum atomic E-state index is 0.451. The third kappa shape index (κ3) is 3.14. The molecule has 1 aromatic heterocycles. The van der Waals surface area contributed by atoms with Crippen LogP contribution in [0, 0.1) is 0 Å². The van der Waals surface area contributed by atoms with E-state index in [1.54, 1.807) is 0 Å². The van der Waals surface area contributed by atoms with Crippen LogP contribution in [0.3, 0.4) is 0 Å². The molecule has 1 aliphatic rings. The molecule has 21 heavy (non-hydrogen) atoms. The average Bonchev–Trinajstić information content (AvgIpc) is 2.76. The second kappa shape index (κ2) is 6.63. The zero-order valence-corrected chi connectivity index (χ0v) is 13.2. The molecule has 2 aromatic rings. The Kier molecular flexibility index (Phi) is 4.61. The number of halogens is 1. The van der Waals surface area contributed by atoms with Crippen molar-refractivity contribution in [1.82, 2.24) is 15.1 Å². The van der Waals surface area contributed by atoms with Crippen LogP contribution in [0.25, 0.3) is 0 Å². The van der Waals surface area contributed by atoms with Crippen molar-refractivity contribution in [3.8, 4) is 0 Å². The van der Waals surface area contributed by atoms with Gasteiger partial charge in [-0.2, -0.15) is 5.10 Å². The lowest BCUT2D eigenvalue weighted by molar-refractivity contribution is 0.503. The van der Waals surface area contributed by atoms with Crippen molar-refractivity contribution in [2.75, 3.05) is 6.54 Å². The number of aromatic nitrogens is 2. The van der Waals surface area contributed by atoms with Crippen LogP contribution < -0.4 is 5.32 Å². The Morgan fingerprint density at radius 1 is 1.33 bits per heavy atom. The number of nitrogens with one attached hydrogen (secondary N) is 1. The lowest BCUT2D eigenvalue weighted by Crippen LogP contribution is -2.20. The topological polar surface area (TPSA) is 29.9 Å². The first-order valence-corrected chi connectivity index (χ1v) is 8.18. The van der Waals surface area contributed by atoms with E-state index in [0.717, 1.165) is 30.1 Å². The van der Waals surface area contributed by atoms with E-state index in [-0.39, 0.29) is 0 Å². The van der Waals surface area contributed by atoms with Crippen LogP contribution in [0.5, 0.6) is 0 Å². The highest BCUT2D eigenvalue weighted by atomic mass is 35.5. The van der Waals surface area contributed by atoms with Crippen LogP contribution in [-0.4, -0.2) is 16.3 Å². The number of hydrogen-bond donors (Lipinski definition) is 1. The van der Waals surface area contributed by atoms with Gasteiger partial charge in [0.25, 0.3) is 0 Å². The molecule has 0 saturated heterocycles. The lowest BCUT2D eigenvalue weighted by atomic mass is 10.1. The summed E-state index contributed by atoms with van der Waals surface area (Å²) >= 11 is 6.28. The molecule has 4 heteroatoms. The third-order valence-corrected chi connectivity index (χ3v) is 4.61. The molecule has 0 saturated carbocycles. The summed E-state index contributed by atoms with van der Waals surface area (Å²) in [6.45, 7) is 3.92. The molecule has 1 heterocycles. The Morgan fingerprint density at radius 2 is 2.19 bits per heavy atom. The quantitative estimate of drug-likeness (QED) is 0.866. The van der Waals surface area contributed by atoms with Crippen molar-refractivity contribution in [3.05, 3.63) is 52.3 Å². The number of fused-ring (bicyclic) bond motifs is 1. The van der Waals surface area contributed by atoms with Crippen molar-refractivity contribution >= 4 is 11.6 Å². The molecule has 1 aliphatic carbocycles. The Balaban J connectivity index is 1.89. The van der Waals surface area contributed by atoms with E-state index < -0.39 is 0 Å². The number of rotatable bonds is 4. The van der Waals surface area contributed by atoms with E-state index in [1.807, 2.05) is 24.4 Å². The molecule has 0 radical (unpaired) electrons. The Bertz CT molecular complexity index is 606. The largest absolute Gasteiger partial charge is 0.310 e. The van der Waals surface area contributed by atoms with Crippen LogP contribution in [0.1, 0.15) is 49.0 Å². The van der Waals surface area contributed by atoms with E-state index in [1.165, 1.54) is 30.5 Å². The summed E-state index contributed by atoms with van der Waals surface area (Å²) in [5, 5.41) is 9.03. The average molecular weight is 304 g/mol. The van der Waals surface area contributed by atoms with Gasteiger partial charge < -0.3 is 5.32 Å². The predicted molar refractivity (Wildman–Crippen MR) is 86.8 cm³/mol. The van der Waals surface area contributed by atoms with Crippen molar-refractivity contribution in [3.63, 3.8) is 0 Å². The summed E-state index contributed by atoms with van der Waals surface area (Å²) < 4.78 is 2.13. The van der Waals surface area contributed by atoms with E-state index in [9.17, 15) is 0 Å². The number of nitrogens with zero attached hydrogens (tertiary/aromatic N) is 2. The van der Waals surface area contributed by atoms with Gasteiger partial charge in [0, 0.05) is 22.3 Å². The monoisotopic (exact) mass is 303 g/mol. The van der Waals surface area contributed by atoms with Crippen molar-refractivity contribution in [1.29, 1.82) is 0 Å². The first-order valence-electron chi connectivity index (χ1n) is 7.81. The van der Waals surface area contributed by atoms with Crippen molar-refractivity contribution in [2.45, 2.75) is 45.2 Å². The summed E-state index contributed by atoms with van der Waals surface area (Å²) in [6, 6.07) is 8.48. The maximum absolute atomic E-state index is 6.28. The van der Waals surface area contributed by atoms with Gasteiger partial charge in [0.2, 0.25) is 0 Å². The highest BCUT2D eigenvalue weighted by Crippen LogP contribution is 2.29. The van der Waals surface area contributed by atoms with Gasteiger partial charge in [-0.25, -0.2) is 0 Å². The van der Waals surface area contributed by atoms with Gasteiger partial charge in [0.05, 0.1) is 12.7 Å². The third-order valence-electron chi connectivity index (χ3n) is 4.24. The Hall–Kier alpha value is -1.32. The van der Waals surface area contributed by atoms with Crippen LogP contribution in [-0.2, 0) is 13.0 Å². The molecule has 0 amide bonds. The molecule has 0 fully saturated rings. The van der Waals surface area contributed by atoms with E-state index in [2.05, 4.69) is 28.1 Å². The van der Waals surface area contributed by atoms with Gasteiger partial charge >= 0.3 is 0 Å². The molecule has 112 valence electrons. The van der Waals surface area contributed by atoms with Gasteiger partial charge in [-0.05, 0) is 37.4 Å². The minimum Gasteiger partial charge on any atom is -0.310 e. The van der Waals surface area contributed by atoms with Crippen molar-refractivity contribution < 1.29 is 0 Å². The van der Waals surface area contributed by atoms with Crippen LogP contribution in [0.4, 0.5) is 0 Å². The highest BCUT2D eigenvalue weighted by molar-refractivity contribution is 6.31. The molecule has 0 spiro atoms. The summed E-state index contributed by atoms with van der Waals surface area (Å²) in [4.78, 5) is 0. The van der Waals surface area contributed by atoms with Crippen LogP contribution in [0.2, 0.25) is 5.02 Å². The van der Waals surface area contributed by atoms with Crippen LogP contribution >= 0.6 is 11.6 Å². The maximum atomic E-state index is 6.28. The van der Waals surface area contributed by atoms with E-state index in [4.69, 9.17) is 11.6 Å². The van der Waals surface area contributed by atoms with Crippen LogP contribution in [0.15, 0.2) is 30.5 Å². The molecule has 0 aliphatic heterocycles. The summed E-state index contributed by atoms with van der Waals surface area (Å²) in [5.74, 6) is 0. The molecule has 0 bridgehead atoms. The summed E-state index contributed by atoms with van der Waals surface area (Å²) in [6.07, 6.45) is 6.88. The van der Waals surface area contributed by atoms with Gasteiger partial charge in [-0.1, -0.05) is 43.1 Å². The van der Waals surface area contributed by atoms with Gasteiger partial charge in [0.15, 0.2) is 0 Å². The zero-order valence-electron chi connectivity index (χ0n) is 12.5. The zero-order chi connectivity index (χ0) is 14.7. The Labute approximate surface area is 131 Å². The van der Waals surface area contributed by atoms with Gasteiger partial charge in [-0.3, -0.25) is 4.68 Å². The molecule has 3 rings (SSSR count). The molecule has 1 atom stereocenters. The summed E-state index contributed by atoms with van der Waals surface area (Å²) in [7, 11) is 0. The molecule has 1 unspecified atom stereocenters. The predicted octanol–water partition coefficient (Wildman–Crippen LogP) is 3.96. The molecular formula is C17H22ClN3. The van der Waals surface area contributed by atoms with E-state index >= 15 is 0 Å². The molecule has 1 aromatic carbocycles. The fraction of sp³-hybridized carbons (Fsp3) is 0.471. The highest BCUT2D eigenvalue weighted by Gasteiger charge is 2.22. The Morgan fingerprint density at radius 3 is 3.00 bits per heavy atom. The SMILES string of the molecule is CCNC1CCCCc2c1cnn2Cc1ccccc1Cl. The minimum absolute atomic E-state index is 0.451. The number of benzene rings is 1. The normalized spacial score (nSPS) is 18.3. The van der Waals surface area contributed by atoms with Crippen molar-refractivity contribution in [2.24, 2.45) is 0 Å². The molecule has 3 nitrogen and oxygen atoms in total. The van der Waals surface area contributed by atoms with Gasteiger partial charge in [0.1, 0.15) is 0 Å². The molecular weight excluding hydrogens is 282 g/mol.